The molecule has 0 aromatic heterocycles. The molecule has 0 rings (SSSR count). The second kappa shape index (κ2) is 31.3. The number of ether oxygens (including phenoxy) is 2. The van der Waals surface area contributed by atoms with E-state index in [0.717, 1.165) is 64.2 Å². The number of carbonyl (C=O) groups is 1. The van der Waals surface area contributed by atoms with Gasteiger partial charge in [-0.05, 0) is 70.6 Å². The van der Waals surface area contributed by atoms with Crippen LogP contribution in [0.5, 0.6) is 0 Å². The van der Waals surface area contributed by atoms with Crippen molar-refractivity contribution in [1.29, 1.82) is 0 Å². The molecule has 0 aliphatic carbocycles. The van der Waals surface area contributed by atoms with Gasteiger partial charge >= 0.3 is 5.97 Å². The molecule has 1 atom stereocenters. The molecule has 0 amide bonds. The van der Waals surface area contributed by atoms with Gasteiger partial charge in [-0.1, -0.05) is 107 Å². The molecule has 0 aliphatic heterocycles. The van der Waals surface area contributed by atoms with E-state index in [1.54, 1.807) is 0 Å². The monoisotopic (exact) mass is 530 g/mol. The van der Waals surface area contributed by atoms with Crippen LogP contribution < -0.4 is 0 Å². The van der Waals surface area contributed by atoms with Crippen molar-refractivity contribution in [3.63, 3.8) is 0 Å². The molecule has 0 aromatic rings. The highest BCUT2D eigenvalue weighted by atomic mass is 16.6. The Labute approximate surface area is 235 Å². The van der Waals surface area contributed by atoms with Crippen LogP contribution in [-0.2, 0) is 14.3 Å². The topological polar surface area (TPSA) is 55.8 Å². The van der Waals surface area contributed by atoms with Gasteiger partial charge in [-0.25, -0.2) is 0 Å². The molecule has 1 unspecified atom stereocenters. The molecule has 0 saturated carbocycles. The highest BCUT2D eigenvalue weighted by Crippen LogP contribution is 2.10. The lowest BCUT2D eigenvalue weighted by molar-refractivity contribution is -0.154. The molecule has 0 aliphatic rings. The maximum atomic E-state index is 12.0. The second-order valence-electron chi connectivity index (χ2n) is 9.79. The van der Waals surface area contributed by atoms with E-state index in [0.29, 0.717) is 13.0 Å². The number of aliphatic hydroxyl groups is 1. The van der Waals surface area contributed by atoms with Crippen molar-refractivity contribution in [3.8, 4) is 0 Å². The van der Waals surface area contributed by atoms with Crippen LogP contribution in [0.2, 0.25) is 0 Å². The number of aliphatic hydroxyl groups excluding tert-OH is 1. The number of allylic oxidation sites excluding steroid dienone is 10. The largest absolute Gasteiger partial charge is 0.457 e. The minimum absolute atomic E-state index is 0.200. The van der Waals surface area contributed by atoms with Gasteiger partial charge in [-0.2, -0.15) is 0 Å². The van der Waals surface area contributed by atoms with Gasteiger partial charge in [-0.15, -0.1) is 0 Å². The van der Waals surface area contributed by atoms with E-state index in [-0.39, 0.29) is 19.2 Å². The predicted octanol–water partition coefficient (Wildman–Crippen LogP) is 9.36. The smallest absolute Gasteiger partial charge is 0.306 e. The fourth-order valence-electron chi connectivity index (χ4n) is 3.79. The van der Waals surface area contributed by atoms with E-state index in [1.807, 2.05) is 0 Å². The summed E-state index contributed by atoms with van der Waals surface area (Å²) in [6.07, 6.45) is 39.7. The SMILES string of the molecule is CC/C=C\C/C=C\C/C=C\C/C=C\CCCOCC(CO)OC(=O)CCCCCCC/C=C\CCCCC. The zero-order valence-corrected chi connectivity index (χ0v) is 24.7. The van der Waals surface area contributed by atoms with Crippen LogP contribution in [0.15, 0.2) is 60.8 Å². The van der Waals surface area contributed by atoms with Gasteiger partial charge in [0, 0.05) is 13.0 Å². The lowest BCUT2D eigenvalue weighted by atomic mass is 10.1. The molecule has 4 nitrogen and oxygen atoms in total. The first-order valence-electron chi connectivity index (χ1n) is 15.4. The highest BCUT2D eigenvalue weighted by Gasteiger charge is 2.13. The van der Waals surface area contributed by atoms with E-state index in [9.17, 15) is 9.90 Å². The Morgan fingerprint density at radius 2 is 1.18 bits per heavy atom. The first-order valence-corrected chi connectivity index (χ1v) is 15.4. The standard InChI is InChI=1S/C34H58O4/c1-3-5-7-9-11-13-15-17-18-20-22-24-26-28-30-37-32-33(31-35)38-34(36)29-27-25-23-21-19-16-14-12-10-8-6-4-2/h5,7,11-14,17-18,22,24,33,35H,3-4,6,8-10,15-16,19-21,23,25-32H2,1-2H3/b7-5-,13-11-,14-12-,18-17-,24-22-. The Morgan fingerprint density at radius 1 is 0.658 bits per heavy atom. The minimum Gasteiger partial charge on any atom is -0.457 e. The van der Waals surface area contributed by atoms with Crippen LogP contribution >= 0.6 is 0 Å². The van der Waals surface area contributed by atoms with Crippen LogP contribution in [0, 0.1) is 0 Å². The van der Waals surface area contributed by atoms with Crippen LogP contribution in [-0.4, -0.2) is 37.0 Å². The summed E-state index contributed by atoms with van der Waals surface area (Å²) in [4.78, 5) is 12.0. The highest BCUT2D eigenvalue weighted by molar-refractivity contribution is 5.69. The quantitative estimate of drug-likeness (QED) is 0.0653. The van der Waals surface area contributed by atoms with Gasteiger partial charge in [0.05, 0.1) is 13.2 Å². The van der Waals surface area contributed by atoms with Gasteiger partial charge in [0.2, 0.25) is 0 Å². The Balaban J connectivity index is 3.61. The maximum absolute atomic E-state index is 12.0. The number of hydrogen-bond donors (Lipinski definition) is 1. The Kier molecular flexibility index (Phi) is 29.7. The molecule has 0 spiro atoms. The lowest BCUT2D eigenvalue weighted by Gasteiger charge is -2.15. The molecule has 4 heteroatoms. The van der Waals surface area contributed by atoms with Crippen molar-refractivity contribution in [3.05, 3.63) is 60.8 Å². The molecule has 0 radical (unpaired) electrons. The van der Waals surface area contributed by atoms with Crippen LogP contribution in [0.1, 0.15) is 123 Å². The van der Waals surface area contributed by atoms with Crippen molar-refractivity contribution in [1.82, 2.24) is 0 Å². The second-order valence-corrected chi connectivity index (χ2v) is 9.79. The summed E-state index contributed by atoms with van der Waals surface area (Å²) in [5.41, 5.74) is 0. The minimum atomic E-state index is -0.566. The molecular formula is C34H58O4. The van der Waals surface area contributed by atoms with Crippen molar-refractivity contribution in [2.45, 2.75) is 129 Å². The Morgan fingerprint density at radius 3 is 1.82 bits per heavy atom. The first kappa shape index (κ1) is 36.1. The van der Waals surface area contributed by atoms with Crippen molar-refractivity contribution in [2.75, 3.05) is 19.8 Å². The van der Waals surface area contributed by atoms with Gasteiger partial charge < -0.3 is 14.6 Å². The van der Waals surface area contributed by atoms with Crippen molar-refractivity contribution in [2.24, 2.45) is 0 Å². The van der Waals surface area contributed by atoms with Gasteiger partial charge in [-0.3, -0.25) is 4.79 Å². The summed E-state index contributed by atoms with van der Waals surface area (Å²) in [5.74, 6) is -0.234. The van der Waals surface area contributed by atoms with Gasteiger partial charge in [0.25, 0.3) is 0 Å². The maximum Gasteiger partial charge on any atom is 0.306 e. The average Bonchev–Trinajstić information content (AvgIpc) is 2.92. The third kappa shape index (κ3) is 28.7. The molecule has 218 valence electrons. The fraction of sp³-hybridized carbons (Fsp3) is 0.676. The third-order valence-corrected chi connectivity index (χ3v) is 6.08. The first-order chi connectivity index (χ1) is 18.7. The number of rotatable bonds is 27. The number of carbonyl (C=O) groups excluding carboxylic acids is 1. The number of esters is 1. The van der Waals surface area contributed by atoms with E-state index in [2.05, 4.69) is 74.6 Å². The third-order valence-electron chi connectivity index (χ3n) is 6.08. The van der Waals surface area contributed by atoms with Crippen LogP contribution in [0.4, 0.5) is 0 Å². The van der Waals surface area contributed by atoms with Crippen LogP contribution in [0.3, 0.4) is 0 Å². The van der Waals surface area contributed by atoms with Crippen molar-refractivity contribution >= 4 is 5.97 Å². The molecular weight excluding hydrogens is 472 g/mol. The molecule has 0 heterocycles. The Bertz CT molecular complexity index is 645. The van der Waals surface area contributed by atoms with Crippen molar-refractivity contribution < 1.29 is 19.4 Å². The summed E-state index contributed by atoms with van der Waals surface area (Å²) in [5, 5.41) is 9.49. The van der Waals surface area contributed by atoms with E-state index in [4.69, 9.17) is 9.47 Å². The molecule has 0 saturated heterocycles. The summed E-state index contributed by atoms with van der Waals surface area (Å²) < 4.78 is 11.0. The number of unbranched alkanes of at least 4 members (excludes halogenated alkanes) is 9. The molecule has 0 aromatic carbocycles. The molecule has 1 N–H and O–H groups in total. The molecule has 38 heavy (non-hydrogen) atoms. The van der Waals surface area contributed by atoms with E-state index >= 15 is 0 Å². The zero-order chi connectivity index (χ0) is 27.8. The van der Waals surface area contributed by atoms with Crippen LogP contribution in [0.25, 0.3) is 0 Å². The fourth-order valence-corrected chi connectivity index (χ4v) is 3.79. The normalized spacial score (nSPS) is 13.2. The van der Waals surface area contributed by atoms with Gasteiger partial charge in [0.15, 0.2) is 0 Å². The lowest BCUT2D eigenvalue weighted by Crippen LogP contribution is -2.27. The number of hydrogen-bond acceptors (Lipinski definition) is 4. The average molecular weight is 531 g/mol. The zero-order valence-electron chi connectivity index (χ0n) is 24.7. The van der Waals surface area contributed by atoms with Gasteiger partial charge in [0.1, 0.15) is 6.10 Å². The van der Waals surface area contributed by atoms with E-state index < -0.39 is 6.10 Å². The molecule has 0 bridgehead atoms. The molecule has 0 fully saturated rings. The predicted molar refractivity (Wildman–Crippen MR) is 163 cm³/mol. The summed E-state index contributed by atoms with van der Waals surface area (Å²) in [6.45, 7) is 5.03. The summed E-state index contributed by atoms with van der Waals surface area (Å²) in [7, 11) is 0. The summed E-state index contributed by atoms with van der Waals surface area (Å²) >= 11 is 0. The summed E-state index contributed by atoms with van der Waals surface area (Å²) in [6, 6.07) is 0. The Hall–Kier alpha value is -1.91. The van der Waals surface area contributed by atoms with E-state index in [1.165, 1.54) is 38.5 Å².